The molecule has 1 fully saturated rings. The molecule has 0 atom stereocenters. The fourth-order valence-electron chi connectivity index (χ4n) is 1.90. The maximum atomic E-state index is 12.4. The number of hydrogen-bond donors (Lipinski definition) is 2. The van der Waals surface area contributed by atoms with Crippen molar-refractivity contribution in [1.82, 2.24) is 20.2 Å². The van der Waals surface area contributed by atoms with Gasteiger partial charge in [0.2, 0.25) is 11.8 Å². The first-order valence-corrected chi connectivity index (χ1v) is 6.91. The van der Waals surface area contributed by atoms with Crippen molar-refractivity contribution in [3.63, 3.8) is 0 Å². The molecule has 2 rings (SSSR count). The van der Waals surface area contributed by atoms with Crippen LogP contribution < -0.4 is 11.0 Å². The number of rotatable bonds is 2. The first-order chi connectivity index (χ1) is 9.42. The van der Waals surface area contributed by atoms with Crippen LogP contribution in [0.3, 0.4) is 0 Å². The van der Waals surface area contributed by atoms with Crippen molar-refractivity contribution in [2.45, 2.75) is 11.9 Å². The van der Waals surface area contributed by atoms with Crippen LogP contribution in [0.2, 0.25) is 0 Å². The Bertz CT molecular complexity index is 638. The van der Waals surface area contributed by atoms with Gasteiger partial charge in [0.25, 0.3) is 5.91 Å². The van der Waals surface area contributed by atoms with E-state index >= 15 is 0 Å². The fourth-order valence-corrected chi connectivity index (χ4v) is 2.52. The zero-order valence-corrected chi connectivity index (χ0v) is 11.7. The predicted octanol–water partition coefficient (Wildman–Crippen LogP) is -1.10. The Kier molecular flexibility index (Phi) is 3.89. The molecule has 3 amide bonds. The maximum absolute atomic E-state index is 12.4. The average molecular weight is 296 g/mol. The Hall–Kier alpha value is -2.16. The second-order valence-corrected chi connectivity index (χ2v) is 4.98. The van der Waals surface area contributed by atoms with Crippen molar-refractivity contribution in [3.05, 3.63) is 21.7 Å². The summed E-state index contributed by atoms with van der Waals surface area (Å²) in [6.45, 7) is 1.18. The molecule has 8 nitrogen and oxygen atoms in total. The van der Waals surface area contributed by atoms with Crippen LogP contribution in [0.1, 0.15) is 16.1 Å². The van der Waals surface area contributed by atoms with Gasteiger partial charge < -0.3 is 9.88 Å². The number of thioether (sulfide) groups is 1. The molecule has 0 spiro atoms. The lowest BCUT2D eigenvalue weighted by molar-refractivity contribution is -0.135. The van der Waals surface area contributed by atoms with Gasteiger partial charge in [-0.15, -0.1) is 11.8 Å². The Balaban J connectivity index is 2.41. The van der Waals surface area contributed by atoms with E-state index in [1.807, 2.05) is 0 Å². The number of aromatic nitrogens is 2. The smallest absolute Gasteiger partial charge is 0.320 e. The van der Waals surface area contributed by atoms with E-state index in [2.05, 4.69) is 15.3 Å². The van der Waals surface area contributed by atoms with Gasteiger partial charge in [-0.05, 0) is 13.2 Å². The molecule has 2 heterocycles. The lowest BCUT2D eigenvalue weighted by atomic mass is 10.2. The highest BCUT2D eigenvalue weighted by Gasteiger charge is 2.29. The van der Waals surface area contributed by atoms with Gasteiger partial charge in [-0.2, -0.15) is 4.98 Å². The average Bonchev–Trinajstić information content (AvgIpc) is 2.35. The molecule has 106 valence electrons. The second-order valence-electron chi connectivity index (χ2n) is 4.18. The number of aromatic amines is 1. The number of hydrogen-bond acceptors (Lipinski definition) is 6. The minimum atomic E-state index is -0.545. The highest BCUT2D eigenvalue weighted by atomic mass is 32.2. The van der Waals surface area contributed by atoms with Crippen molar-refractivity contribution >= 4 is 29.5 Å². The Morgan fingerprint density at radius 3 is 2.40 bits per heavy atom. The molecule has 1 aliphatic heterocycles. The Labute approximate surface area is 117 Å². The third-order valence-corrected chi connectivity index (χ3v) is 3.41. The van der Waals surface area contributed by atoms with Crippen LogP contribution in [-0.2, 0) is 9.59 Å². The van der Waals surface area contributed by atoms with Gasteiger partial charge in [0.1, 0.15) is 18.1 Å². The van der Waals surface area contributed by atoms with E-state index in [1.165, 1.54) is 0 Å². The van der Waals surface area contributed by atoms with Crippen molar-refractivity contribution in [1.29, 1.82) is 0 Å². The first kappa shape index (κ1) is 14.3. The topological polar surface area (TPSA) is 112 Å². The molecular formula is C11H12N4O4S. The van der Waals surface area contributed by atoms with E-state index in [1.54, 1.807) is 13.2 Å². The van der Waals surface area contributed by atoms with Gasteiger partial charge in [0.05, 0.1) is 5.56 Å². The van der Waals surface area contributed by atoms with Crippen molar-refractivity contribution in [2.24, 2.45) is 0 Å². The SMILES string of the molecule is CSc1nc(=O)[nH]c(C)c1C(=O)N1CC(=O)NC(=O)C1. The summed E-state index contributed by atoms with van der Waals surface area (Å²) in [5.74, 6) is -1.57. The monoisotopic (exact) mass is 296 g/mol. The van der Waals surface area contributed by atoms with Crippen LogP contribution >= 0.6 is 11.8 Å². The Morgan fingerprint density at radius 1 is 1.25 bits per heavy atom. The summed E-state index contributed by atoms with van der Waals surface area (Å²) < 4.78 is 0. The highest BCUT2D eigenvalue weighted by molar-refractivity contribution is 7.98. The molecule has 9 heteroatoms. The van der Waals surface area contributed by atoms with E-state index in [9.17, 15) is 19.2 Å². The molecule has 0 radical (unpaired) electrons. The summed E-state index contributed by atoms with van der Waals surface area (Å²) in [5.41, 5.74) is 0.0215. The third-order valence-electron chi connectivity index (χ3n) is 2.73. The van der Waals surface area contributed by atoms with Crippen molar-refractivity contribution < 1.29 is 14.4 Å². The lowest BCUT2D eigenvalue weighted by Crippen LogP contribution is -2.53. The molecule has 1 aliphatic rings. The molecule has 1 saturated heterocycles. The third kappa shape index (κ3) is 2.72. The molecule has 0 aliphatic carbocycles. The molecule has 0 bridgehead atoms. The molecule has 1 aromatic rings. The quantitative estimate of drug-likeness (QED) is 0.407. The molecular weight excluding hydrogens is 284 g/mol. The first-order valence-electron chi connectivity index (χ1n) is 5.69. The number of piperazine rings is 1. The number of nitrogens with zero attached hydrogens (tertiary/aromatic N) is 2. The van der Waals surface area contributed by atoms with Gasteiger partial charge in [-0.3, -0.25) is 19.7 Å². The van der Waals surface area contributed by atoms with Gasteiger partial charge in [-0.25, -0.2) is 4.79 Å². The molecule has 0 saturated carbocycles. The summed E-state index contributed by atoms with van der Waals surface area (Å²) in [7, 11) is 0. The molecule has 20 heavy (non-hydrogen) atoms. The number of amides is 3. The summed E-state index contributed by atoms with van der Waals surface area (Å²) in [5, 5.41) is 2.39. The summed E-state index contributed by atoms with van der Waals surface area (Å²) in [6.07, 6.45) is 1.69. The molecule has 0 aromatic carbocycles. The van der Waals surface area contributed by atoms with Gasteiger partial charge in [-0.1, -0.05) is 0 Å². The number of H-pyrrole nitrogens is 1. The summed E-state index contributed by atoms with van der Waals surface area (Å²) in [4.78, 5) is 53.6. The van der Waals surface area contributed by atoms with Crippen LogP contribution in [0.5, 0.6) is 0 Å². The van der Waals surface area contributed by atoms with Crippen molar-refractivity contribution in [2.75, 3.05) is 19.3 Å². The predicted molar refractivity (Wildman–Crippen MR) is 70.4 cm³/mol. The van der Waals surface area contributed by atoms with Crippen molar-refractivity contribution in [3.8, 4) is 0 Å². The molecule has 0 unspecified atom stereocenters. The standard InChI is InChI=1S/C11H12N4O4S/c1-5-8(9(20-2)14-11(19)12-5)10(18)15-3-6(16)13-7(17)4-15/h3-4H2,1-2H3,(H,12,14,19)(H,13,16,17). The zero-order valence-electron chi connectivity index (χ0n) is 10.8. The van der Waals surface area contributed by atoms with E-state index in [0.717, 1.165) is 16.7 Å². The van der Waals surface area contributed by atoms with Crippen LogP contribution in [0, 0.1) is 6.92 Å². The zero-order chi connectivity index (χ0) is 14.9. The minimum Gasteiger partial charge on any atom is -0.320 e. The Morgan fingerprint density at radius 2 is 1.85 bits per heavy atom. The number of carbonyl (C=O) groups is 3. The number of carbonyl (C=O) groups excluding carboxylic acids is 3. The summed E-state index contributed by atoms with van der Waals surface area (Å²) in [6, 6.07) is 0. The normalized spacial score (nSPS) is 15.2. The maximum Gasteiger partial charge on any atom is 0.346 e. The van der Waals surface area contributed by atoms with E-state index in [0.29, 0.717) is 5.69 Å². The number of imide groups is 1. The highest BCUT2D eigenvalue weighted by Crippen LogP contribution is 2.20. The van der Waals surface area contributed by atoms with Crippen LogP contribution in [0.25, 0.3) is 0 Å². The van der Waals surface area contributed by atoms with Gasteiger partial charge in [0, 0.05) is 5.69 Å². The number of aryl methyl sites for hydroxylation is 1. The molecule has 1 aromatic heterocycles. The van der Waals surface area contributed by atoms with Crippen LogP contribution in [0.4, 0.5) is 0 Å². The van der Waals surface area contributed by atoms with Crippen LogP contribution in [-0.4, -0.2) is 51.9 Å². The van der Waals surface area contributed by atoms with E-state index in [4.69, 9.17) is 0 Å². The second kappa shape index (κ2) is 5.45. The molecule has 2 N–H and O–H groups in total. The summed E-state index contributed by atoms with van der Waals surface area (Å²) >= 11 is 1.15. The van der Waals surface area contributed by atoms with Gasteiger partial charge in [0.15, 0.2) is 0 Å². The largest absolute Gasteiger partial charge is 0.346 e. The fraction of sp³-hybridized carbons (Fsp3) is 0.364. The lowest BCUT2D eigenvalue weighted by Gasteiger charge is -2.26. The van der Waals surface area contributed by atoms with Crippen LogP contribution in [0.15, 0.2) is 9.82 Å². The van der Waals surface area contributed by atoms with E-state index < -0.39 is 23.4 Å². The minimum absolute atomic E-state index is 0.197. The van der Waals surface area contributed by atoms with E-state index in [-0.39, 0.29) is 23.7 Å². The number of nitrogens with one attached hydrogen (secondary N) is 2. The van der Waals surface area contributed by atoms with Gasteiger partial charge >= 0.3 is 5.69 Å².